The van der Waals surface area contributed by atoms with Crippen LogP contribution in [0.1, 0.15) is 17.3 Å². The zero-order valence-corrected chi connectivity index (χ0v) is 6.70. The van der Waals surface area contributed by atoms with Gasteiger partial charge in [0.05, 0.1) is 5.56 Å². The zero-order chi connectivity index (χ0) is 8.55. The molecule has 3 nitrogen and oxygen atoms in total. The van der Waals surface area contributed by atoms with E-state index in [4.69, 9.17) is 4.74 Å². The lowest BCUT2D eigenvalue weighted by atomic mass is 10.1. The Hall–Kier alpha value is -1.51. The van der Waals surface area contributed by atoms with E-state index >= 15 is 0 Å². The molecule has 1 unspecified atom stereocenters. The molecule has 1 amide bonds. The van der Waals surface area contributed by atoms with Gasteiger partial charge in [-0.1, -0.05) is 12.1 Å². The van der Waals surface area contributed by atoms with Crippen molar-refractivity contribution in [2.24, 2.45) is 0 Å². The van der Waals surface area contributed by atoms with Gasteiger partial charge in [-0.25, -0.2) is 0 Å². The summed E-state index contributed by atoms with van der Waals surface area (Å²) in [5.74, 6) is 0.595. The molecule has 1 atom stereocenters. The quantitative estimate of drug-likeness (QED) is 0.623. The van der Waals surface area contributed by atoms with Crippen molar-refractivity contribution in [1.82, 2.24) is 5.32 Å². The average molecular weight is 163 g/mol. The fourth-order valence-corrected chi connectivity index (χ4v) is 1.24. The summed E-state index contributed by atoms with van der Waals surface area (Å²) < 4.78 is 5.37. The molecular formula is C9H9NO2. The summed E-state index contributed by atoms with van der Waals surface area (Å²) in [6, 6.07) is 7.21. The Balaban J connectivity index is 2.47. The van der Waals surface area contributed by atoms with Crippen LogP contribution in [0.4, 0.5) is 0 Å². The average Bonchev–Trinajstić information content (AvgIpc) is 2.04. The van der Waals surface area contributed by atoms with Crippen molar-refractivity contribution in [1.29, 1.82) is 0 Å². The highest BCUT2D eigenvalue weighted by Gasteiger charge is 2.20. The third kappa shape index (κ3) is 1.03. The summed E-state index contributed by atoms with van der Waals surface area (Å²) in [7, 11) is 0. The molecule has 1 aromatic carbocycles. The number of rotatable bonds is 0. The van der Waals surface area contributed by atoms with Gasteiger partial charge in [-0.3, -0.25) is 4.79 Å². The van der Waals surface area contributed by atoms with E-state index in [2.05, 4.69) is 5.32 Å². The van der Waals surface area contributed by atoms with Crippen LogP contribution in [0.3, 0.4) is 0 Å². The number of benzene rings is 1. The van der Waals surface area contributed by atoms with E-state index in [1.807, 2.05) is 12.1 Å². The van der Waals surface area contributed by atoms with Gasteiger partial charge in [0.25, 0.3) is 5.91 Å². The molecule has 62 valence electrons. The lowest BCUT2D eigenvalue weighted by Gasteiger charge is -2.23. The van der Waals surface area contributed by atoms with Crippen LogP contribution in [0, 0.1) is 0 Å². The van der Waals surface area contributed by atoms with Gasteiger partial charge in [0.1, 0.15) is 5.75 Å². The van der Waals surface area contributed by atoms with Gasteiger partial charge >= 0.3 is 0 Å². The molecule has 12 heavy (non-hydrogen) atoms. The molecule has 0 spiro atoms. The first-order valence-corrected chi connectivity index (χ1v) is 3.84. The Bertz CT molecular complexity index is 322. The third-order valence-corrected chi connectivity index (χ3v) is 1.77. The number of para-hydroxylation sites is 1. The highest BCUT2D eigenvalue weighted by Crippen LogP contribution is 2.21. The number of nitrogens with one attached hydrogen (secondary N) is 1. The minimum Gasteiger partial charge on any atom is -0.470 e. The Labute approximate surface area is 70.3 Å². The van der Waals surface area contributed by atoms with E-state index in [1.165, 1.54) is 0 Å². The molecule has 0 saturated carbocycles. The molecule has 1 aliphatic rings. The maximum atomic E-state index is 11.3. The smallest absolute Gasteiger partial charge is 0.257 e. The standard InChI is InChI=1S/C9H9NO2/c1-6-10-9(11)7-4-2-3-5-8(7)12-6/h2-6H,1H3,(H,10,11). The van der Waals surface area contributed by atoms with Crippen LogP contribution in [0.5, 0.6) is 5.75 Å². The molecule has 0 radical (unpaired) electrons. The van der Waals surface area contributed by atoms with Crippen LogP contribution in [-0.2, 0) is 0 Å². The van der Waals surface area contributed by atoms with E-state index in [0.717, 1.165) is 0 Å². The molecule has 1 aromatic rings. The van der Waals surface area contributed by atoms with Crippen LogP contribution in [0.15, 0.2) is 24.3 Å². The normalized spacial score (nSPS) is 20.8. The van der Waals surface area contributed by atoms with Crippen molar-refractivity contribution < 1.29 is 9.53 Å². The molecule has 1 aliphatic heterocycles. The lowest BCUT2D eigenvalue weighted by Crippen LogP contribution is -2.40. The maximum absolute atomic E-state index is 11.3. The monoisotopic (exact) mass is 163 g/mol. The number of fused-ring (bicyclic) bond motifs is 1. The summed E-state index contributed by atoms with van der Waals surface area (Å²) >= 11 is 0. The summed E-state index contributed by atoms with van der Waals surface area (Å²) in [6.45, 7) is 1.80. The van der Waals surface area contributed by atoms with Gasteiger partial charge in [-0.15, -0.1) is 0 Å². The molecule has 1 N–H and O–H groups in total. The predicted molar refractivity (Wildman–Crippen MR) is 44.0 cm³/mol. The molecule has 0 aromatic heterocycles. The van der Waals surface area contributed by atoms with E-state index in [0.29, 0.717) is 11.3 Å². The zero-order valence-electron chi connectivity index (χ0n) is 6.70. The summed E-state index contributed by atoms with van der Waals surface area (Å²) in [5.41, 5.74) is 0.607. The highest BCUT2D eigenvalue weighted by molar-refractivity contribution is 5.97. The van der Waals surface area contributed by atoms with Crippen molar-refractivity contribution in [3.8, 4) is 5.75 Å². The molecular weight excluding hydrogens is 154 g/mol. The number of hydrogen-bond donors (Lipinski definition) is 1. The Kier molecular flexibility index (Phi) is 1.50. The first-order chi connectivity index (χ1) is 5.77. The van der Waals surface area contributed by atoms with Gasteiger partial charge in [0, 0.05) is 0 Å². The topological polar surface area (TPSA) is 38.3 Å². The summed E-state index contributed by atoms with van der Waals surface area (Å²) in [5, 5.41) is 2.67. The predicted octanol–water partition coefficient (Wildman–Crippen LogP) is 1.15. The molecule has 0 saturated heterocycles. The molecule has 0 aliphatic carbocycles. The maximum Gasteiger partial charge on any atom is 0.257 e. The minimum atomic E-state index is -0.229. The number of carbonyl (C=O) groups excluding carboxylic acids is 1. The second-order valence-electron chi connectivity index (χ2n) is 2.73. The number of ether oxygens (including phenoxy) is 1. The Morgan fingerprint density at radius 2 is 2.17 bits per heavy atom. The van der Waals surface area contributed by atoms with Crippen LogP contribution < -0.4 is 10.1 Å². The number of carbonyl (C=O) groups is 1. The first kappa shape index (κ1) is 7.16. The highest BCUT2D eigenvalue weighted by atomic mass is 16.5. The molecule has 2 rings (SSSR count). The van der Waals surface area contributed by atoms with Crippen molar-refractivity contribution in [2.75, 3.05) is 0 Å². The third-order valence-electron chi connectivity index (χ3n) is 1.77. The molecule has 0 bridgehead atoms. The molecule has 0 fully saturated rings. The van der Waals surface area contributed by atoms with Crippen LogP contribution in [-0.4, -0.2) is 12.1 Å². The SMILES string of the molecule is CC1NC(=O)c2ccccc2O1. The van der Waals surface area contributed by atoms with Crippen LogP contribution in [0.25, 0.3) is 0 Å². The lowest BCUT2D eigenvalue weighted by molar-refractivity contribution is 0.0788. The van der Waals surface area contributed by atoms with Crippen molar-refractivity contribution in [3.05, 3.63) is 29.8 Å². The fourth-order valence-electron chi connectivity index (χ4n) is 1.24. The molecule has 3 heteroatoms. The van der Waals surface area contributed by atoms with Gasteiger partial charge in [-0.2, -0.15) is 0 Å². The largest absolute Gasteiger partial charge is 0.470 e. The molecule has 1 heterocycles. The van der Waals surface area contributed by atoms with E-state index in [1.54, 1.807) is 19.1 Å². The van der Waals surface area contributed by atoms with Gasteiger partial charge in [0.2, 0.25) is 0 Å². The van der Waals surface area contributed by atoms with Gasteiger partial charge in [0.15, 0.2) is 6.23 Å². The Morgan fingerprint density at radius 1 is 1.42 bits per heavy atom. The number of amides is 1. The van der Waals surface area contributed by atoms with Crippen molar-refractivity contribution >= 4 is 5.91 Å². The number of hydrogen-bond acceptors (Lipinski definition) is 2. The Morgan fingerprint density at radius 3 is 3.00 bits per heavy atom. The van der Waals surface area contributed by atoms with Gasteiger partial charge in [-0.05, 0) is 19.1 Å². The first-order valence-electron chi connectivity index (χ1n) is 3.84. The van der Waals surface area contributed by atoms with Gasteiger partial charge < -0.3 is 10.1 Å². The van der Waals surface area contributed by atoms with E-state index in [-0.39, 0.29) is 12.1 Å². The minimum absolute atomic E-state index is 0.0654. The van der Waals surface area contributed by atoms with Crippen LogP contribution in [0.2, 0.25) is 0 Å². The summed E-state index contributed by atoms with van der Waals surface area (Å²) in [4.78, 5) is 11.3. The van der Waals surface area contributed by atoms with E-state index in [9.17, 15) is 4.79 Å². The summed E-state index contributed by atoms with van der Waals surface area (Å²) in [6.07, 6.45) is -0.229. The van der Waals surface area contributed by atoms with Crippen molar-refractivity contribution in [2.45, 2.75) is 13.2 Å². The van der Waals surface area contributed by atoms with Crippen molar-refractivity contribution in [3.63, 3.8) is 0 Å². The second kappa shape index (κ2) is 2.52. The van der Waals surface area contributed by atoms with E-state index < -0.39 is 0 Å². The van der Waals surface area contributed by atoms with Crippen LogP contribution >= 0.6 is 0 Å². The fraction of sp³-hybridized carbons (Fsp3) is 0.222. The second-order valence-corrected chi connectivity index (χ2v) is 2.73.